The summed E-state index contributed by atoms with van der Waals surface area (Å²) < 4.78 is 11.0. The molecule has 3 rings (SSSR count). The molecule has 1 fully saturated rings. The molecule has 2 aromatic rings. The Morgan fingerprint density at radius 1 is 1.27 bits per heavy atom. The van der Waals surface area contributed by atoms with Crippen LogP contribution in [0.25, 0.3) is 6.08 Å². The number of hydrogen-bond donors (Lipinski definition) is 0. The third kappa shape index (κ3) is 5.83. The molecule has 7 nitrogen and oxygen atoms in total. The van der Waals surface area contributed by atoms with Gasteiger partial charge in [0, 0.05) is 7.11 Å². The highest BCUT2D eigenvalue weighted by atomic mass is 127. The average Bonchev–Trinajstić information content (AvgIpc) is 3.00. The van der Waals surface area contributed by atoms with Gasteiger partial charge in [0.1, 0.15) is 12.4 Å². The molecule has 0 aromatic heterocycles. The number of amides is 1. The number of halogens is 1. The van der Waals surface area contributed by atoms with Crippen molar-refractivity contribution in [3.05, 3.63) is 62.6 Å². The van der Waals surface area contributed by atoms with Crippen molar-refractivity contribution in [1.29, 1.82) is 0 Å². The number of nitrogens with zero attached hydrogens (tertiary/aromatic N) is 2. The number of amidine groups is 1. The van der Waals surface area contributed by atoms with Gasteiger partial charge < -0.3 is 19.4 Å². The van der Waals surface area contributed by atoms with Crippen LogP contribution in [0.5, 0.6) is 5.75 Å². The van der Waals surface area contributed by atoms with Crippen molar-refractivity contribution in [3.8, 4) is 5.75 Å². The smallest absolute Gasteiger partial charge is 0.266 e. The van der Waals surface area contributed by atoms with Crippen LogP contribution in [-0.4, -0.2) is 48.8 Å². The first-order valence-corrected chi connectivity index (χ1v) is 10.8. The van der Waals surface area contributed by atoms with Crippen LogP contribution in [0, 0.1) is 3.57 Å². The maximum absolute atomic E-state index is 12.9. The molecule has 1 heterocycles. The van der Waals surface area contributed by atoms with E-state index in [1.165, 1.54) is 11.8 Å². The molecular weight excluding hydrogens is 519 g/mol. The van der Waals surface area contributed by atoms with Gasteiger partial charge in [-0.2, -0.15) is 0 Å². The normalized spacial score (nSPS) is 16.5. The zero-order valence-electron chi connectivity index (χ0n) is 16.0. The predicted octanol–water partition coefficient (Wildman–Crippen LogP) is 2.67. The molecule has 0 bridgehead atoms. The molecule has 0 radical (unpaired) electrons. The Bertz CT molecular complexity index is 994. The molecule has 0 spiro atoms. The number of carbonyl (C=O) groups is 2. The molecule has 1 saturated heterocycles. The zero-order valence-corrected chi connectivity index (χ0v) is 19.0. The molecule has 1 aliphatic heterocycles. The fraction of sp³-hybridized carbons (Fsp3) is 0.190. The third-order valence-electron chi connectivity index (χ3n) is 3.99. The number of carboxylic acid groups (broad SMARTS) is 1. The fourth-order valence-electron chi connectivity index (χ4n) is 2.60. The lowest BCUT2D eigenvalue weighted by atomic mass is 10.2. The van der Waals surface area contributed by atoms with Crippen molar-refractivity contribution < 1.29 is 24.2 Å². The second kappa shape index (κ2) is 10.6. The lowest BCUT2D eigenvalue weighted by molar-refractivity contribution is -0.307. The maximum atomic E-state index is 12.9. The van der Waals surface area contributed by atoms with Gasteiger partial charge in [-0.1, -0.05) is 24.3 Å². The summed E-state index contributed by atoms with van der Waals surface area (Å²) in [5.74, 6) is -0.981. The van der Waals surface area contributed by atoms with E-state index in [4.69, 9.17) is 9.47 Å². The molecule has 0 saturated carbocycles. The van der Waals surface area contributed by atoms with E-state index in [9.17, 15) is 14.7 Å². The highest BCUT2D eigenvalue weighted by Gasteiger charge is 2.33. The number of carbonyl (C=O) groups excluding carboxylic acids is 2. The van der Waals surface area contributed by atoms with Crippen molar-refractivity contribution in [2.45, 2.75) is 0 Å². The van der Waals surface area contributed by atoms with Gasteiger partial charge in [0.2, 0.25) is 0 Å². The van der Waals surface area contributed by atoms with Gasteiger partial charge in [0.15, 0.2) is 5.17 Å². The van der Waals surface area contributed by atoms with Crippen molar-refractivity contribution in [3.63, 3.8) is 0 Å². The van der Waals surface area contributed by atoms with Gasteiger partial charge in [0.25, 0.3) is 5.91 Å². The minimum absolute atomic E-state index is 0.140. The van der Waals surface area contributed by atoms with E-state index in [2.05, 4.69) is 27.6 Å². The highest BCUT2D eigenvalue weighted by molar-refractivity contribution is 14.1. The lowest BCUT2D eigenvalue weighted by Crippen LogP contribution is -2.32. The summed E-state index contributed by atoms with van der Waals surface area (Å²) in [4.78, 5) is 30.3. The number of benzene rings is 2. The van der Waals surface area contributed by atoms with Crippen LogP contribution in [-0.2, 0) is 14.3 Å². The largest absolute Gasteiger partial charge is 0.546 e. The number of para-hydroxylation sites is 1. The standard InChI is InChI=1S/C21H19IN2O5S/c1-28-10-9-24-20(27)18(30-21(24)23-15-5-3-2-4-6-15)12-14-7-8-17(16(22)11-14)29-13-19(25)26/h2-8,11-12H,9-10,13H2,1H3,(H,25,26)/p-1/b18-12-,23-21?. The first-order valence-electron chi connectivity index (χ1n) is 8.94. The maximum Gasteiger partial charge on any atom is 0.266 e. The quantitative estimate of drug-likeness (QED) is 0.380. The summed E-state index contributed by atoms with van der Waals surface area (Å²) in [5, 5.41) is 11.2. The van der Waals surface area contributed by atoms with E-state index in [-0.39, 0.29) is 5.91 Å². The molecule has 2 aromatic carbocycles. The molecule has 30 heavy (non-hydrogen) atoms. The van der Waals surface area contributed by atoms with Crippen LogP contribution in [0.2, 0.25) is 0 Å². The third-order valence-corrected chi connectivity index (χ3v) is 5.84. The van der Waals surface area contributed by atoms with E-state index in [0.717, 1.165) is 14.8 Å². The molecule has 156 valence electrons. The van der Waals surface area contributed by atoms with Crippen molar-refractivity contribution in [2.24, 2.45) is 4.99 Å². The number of ether oxygens (including phenoxy) is 2. The van der Waals surface area contributed by atoms with Crippen LogP contribution >= 0.6 is 34.4 Å². The minimum Gasteiger partial charge on any atom is -0.546 e. The monoisotopic (exact) mass is 537 g/mol. The number of hydrogen-bond acceptors (Lipinski definition) is 7. The molecule has 0 atom stereocenters. The number of aliphatic imine (C=N–C) groups is 1. The molecule has 9 heteroatoms. The minimum atomic E-state index is -1.29. The molecule has 0 N–H and O–H groups in total. The van der Waals surface area contributed by atoms with E-state index in [1.807, 2.05) is 36.4 Å². The Balaban J connectivity index is 1.85. The van der Waals surface area contributed by atoms with Gasteiger partial charge in [-0.05, 0) is 70.3 Å². The van der Waals surface area contributed by atoms with Crippen LogP contribution < -0.4 is 9.84 Å². The van der Waals surface area contributed by atoms with Crippen LogP contribution in [0.3, 0.4) is 0 Å². The molecule has 0 unspecified atom stereocenters. The first kappa shape index (κ1) is 22.3. The molecule has 1 aliphatic rings. The van der Waals surface area contributed by atoms with Crippen molar-refractivity contribution >= 4 is 63.2 Å². The number of rotatable bonds is 8. The molecular formula is C21H18IN2O5S-. The van der Waals surface area contributed by atoms with E-state index < -0.39 is 12.6 Å². The lowest BCUT2D eigenvalue weighted by Gasteiger charge is -2.14. The topological polar surface area (TPSA) is 91.3 Å². The van der Waals surface area contributed by atoms with Crippen LogP contribution in [0.15, 0.2) is 58.4 Å². The predicted molar refractivity (Wildman–Crippen MR) is 122 cm³/mol. The molecule has 1 amide bonds. The summed E-state index contributed by atoms with van der Waals surface area (Å²) in [6, 6.07) is 14.7. The Hall–Kier alpha value is -2.37. The fourth-order valence-corrected chi connectivity index (χ4v) is 4.32. The number of carboxylic acids is 1. The van der Waals surface area contributed by atoms with Crippen molar-refractivity contribution in [1.82, 2.24) is 4.90 Å². The van der Waals surface area contributed by atoms with E-state index in [0.29, 0.717) is 29.0 Å². The number of methoxy groups -OCH3 is 1. The van der Waals surface area contributed by atoms with Gasteiger partial charge in [-0.15, -0.1) is 0 Å². The van der Waals surface area contributed by atoms with Crippen LogP contribution in [0.1, 0.15) is 5.56 Å². The van der Waals surface area contributed by atoms with Gasteiger partial charge in [-0.25, -0.2) is 4.99 Å². The van der Waals surface area contributed by atoms with Gasteiger partial charge in [0.05, 0.1) is 33.3 Å². The summed E-state index contributed by atoms with van der Waals surface area (Å²) in [6.07, 6.45) is 1.78. The Morgan fingerprint density at radius 2 is 2.03 bits per heavy atom. The second-order valence-corrected chi connectivity index (χ2v) is 8.31. The van der Waals surface area contributed by atoms with E-state index >= 15 is 0 Å². The van der Waals surface area contributed by atoms with Gasteiger partial charge in [-0.3, -0.25) is 9.69 Å². The Kier molecular flexibility index (Phi) is 7.88. The van der Waals surface area contributed by atoms with Crippen molar-refractivity contribution in [2.75, 3.05) is 26.9 Å². The number of aliphatic carboxylic acids is 1. The summed E-state index contributed by atoms with van der Waals surface area (Å²) in [5.41, 5.74) is 1.56. The summed E-state index contributed by atoms with van der Waals surface area (Å²) >= 11 is 3.36. The van der Waals surface area contributed by atoms with E-state index in [1.54, 1.807) is 30.2 Å². The Labute approximate surface area is 191 Å². The average molecular weight is 537 g/mol. The highest BCUT2D eigenvalue weighted by Crippen LogP contribution is 2.34. The summed E-state index contributed by atoms with van der Waals surface area (Å²) in [6.45, 7) is 0.285. The van der Waals surface area contributed by atoms with Crippen LogP contribution in [0.4, 0.5) is 5.69 Å². The van der Waals surface area contributed by atoms with Gasteiger partial charge >= 0.3 is 0 Å². The summed E-state index contributed by atoms with van der Waals surface area (Å²) in [7, 11) is 1.59. The Morgan fingerprint density at radius 3 is 2.70 bits per heavy atom. The molecule has 0 aliphatic carbocycles. The SMILES string of the molecule is COCCN1C(=O)/C(=C/c2ccc(OCC(=O)[O-])c(I)c2)SC1=Nc1ccccc1. The second-order valence-electron chi connectivity index (χ2n) is 6.14. The zero-order chi connectivity index (χ0) is 21.5. The first-order chi connectivity index (χ1) is 14.5. The number of thioether (sulfide) groups is 1.